The summed E-state index contributed by atoms with van der Waals surface area (Å²) in [5.74, 6) is 0.503. The molecule has 2 bridgehead atoms. The fourth-order valence-electron chi connectivity index (χ4n) is 3.94. The molecule has 3 unspecified atom stereocenters. The second-order valence-electron chi connectivity index (χ2n) is 6.74. The summed E-state index contributed by atoms with van der Waals surface area (Å²) in [5, 5.41) is 0. The first-order valence-corrected chi connectivity index (χ1v) is 9.32. The van der Waals surface area contributed by atoms with E-state index in [0.717, 1.165) is 14.7 Å². The number of carbonyl (C=O) groups excluding carboxylic acids is 1. The Labute approximate surface area is 140 Å². The lowest BCUT2D eigenvalue weighted by molar-refractivity contribution is -0.0238. The van der Waals surface area contributed by atoms with Crippen LogP contribution in [-0.2, 0) is 4.74 Å². The fourth-order valence-corrected chi connectivity index (χ4v) is 5.86. The lowest BCUT2D eigenvalue weighted by Gasteiger charge is -2.38. The van der Waals surface area contributed by atoms with Crippen LogP contribution < -0.4 is 0 Å². The van der Waals surface area contributed by atoms with Gasteiger partial charge in [0.1, 0.15) is 11.0 Å². The molecule has 1 aromatic heterocycles. The summed E-state index contributed by atoms with van der Waals surface area (Å²) in [6.45, 7) is 6.95. The predicted octanol–water partition coefficient (Wildman–Crippen LogP) is 5.64. The summed E-state index contributed by atoms with van der Waals surface area (Å²) < 4.78 is 7.71. The van der Waals surface area contributed by atoms with Gasteiger partial charge < -0.3 is 4.74 Å². The van der Waals surface area contributed by atoms with Crippen molar-refractivity contribution in [3.05, 3.63) is 19.2 Å². The lowest BCUT2D eigenvalue weighted by Crippen LogP contribution is -2.38. The van der Waals surface area contributed by atoms with E-state index in [4.69, 9.17) is 4.74 Å². The van der Waals surface area contributed by atoms with Crippen LogP contribution in [-0.4, -0.2) is 12.1 Å². The zero-order chi connectivity index (χ0) is 14.7. The molecule has 110 valence electrons. The standard InChI is InChI=1S/C15H18Br2O2S/c1-14(2)8-4-5-15(14,3)11(6-8)19-13(18)10-7-9(16)12(17)20-10/h7-8,11H,4-6H2,1-3H3. The highest BCUT2D eigenvalue weighted by Crippen LogP contribution is 2.66. The Morgan fingerprint density at radius 3 is 2.55 bits per heavy atom. The van der Waals surface area contributed by atoms with Crippen molar-refractivity contribution in [2.75, 3.05) is 0 Å². The molecule has 2 aliphatic carbocycles. The van der Waals surface area contributed by atoms with E-state index in [1.807, 2.05) is 6.07 Å². The number of ether oxygens (including phenoxy) is 1. The molecular weight excluding hydrogens is 404 g/mol. The summed E-state index contributed by atoms with van der Waals surface area (Å²) in [4.78, 5) is 13.0. The van der Waals surface area contributed by atoms with E-state index in [2.05, 4.69) is 52.6 Å². The Morgan fingerprint density at radius 2 is 2.10 bits per heavy atom. The van der Waals surface area contributed by atoms with Crippen LogP contribution in [0, 0.1) is 16.7 Å². The first kappa shape index (κ1) is 15.0. The van der Waals surface area contributed by atoms with Gasteiger partial charge in [-0.2, -0.15) is 0 Å². The maximum absolute atomic E-state index is 12.3. The Kier molecular flexibility index (Phi) is 3.62. The third-order valence-electron chi connectivity index (χ3n) is 5.81. The molecule has 0 saturated heterocycles. The van der Waals surface area contributed by atoms with Gasteiger partial charge in [-0.3, -0.25) is 0 Å². The van der Waals surface area contributed by atoms with Gasteiger partial charge in [0.2, 0.25) is 0 Å². The van der Waals surface area contributed by atoms with Gasteiger partial charge in [-0.05, 0) is 68.5 Å². The molecule has 0 aliphatic heterocycles. The van der Waals surface area contributed by atoms with Crippen LogP contribution in [0.2, 0.25) is 0 Å². The van der Waals surface area contributed by atoms with E-state index < -0.39 is 0 Å². The molecule has 0 aromatic carbocycles. The third-order valence-corrected chi connectivity index (χ3v) is 9.05. The molecule has 3 rings (SSSR count). The first-order chi connectivity index (χ1) is 9.25. The molecule has 0 radical (unpaired) electrons. The van der Waals surface area contributed by atoms with Gasteiger partial charge in [-0.15, -0.1) is 11.3 Å². The maximum Gasteiger partial charge on any atom is 0.348 e. The van der Waals surface area contributed by atoms with E-state index in [9.17, 15) is 4.79 Å². The Hall–Kier alpha value is 0.130. The summed E-state index contributed by atoms with van der Waals surface area (Å²) in [6.07, 6.45) is 3.51. The van der Waals surface area contributed by atoms with Crippen LogP contribution in [0.25, 0.3) is 0 Å². The van der Waals surface area contributed by atoms with Crippen LogP contribution in [0.5, 0.6) is 0 Å². The first-order valence-electron chi connectivity index (χ1n) is 6.91. The highest BCUT2D eigenvalue weighted by Gasteiger charge is 2.62. The molecule has 5 heteroatoms. The molecule has 2 saturated carbocycles. The van der Waals surface area contributed by atoms with Gasteiger partial charge >= 0.3 is 5.97 Å². The summed E-state index contributed by atoms with van der Waals surface area (Å²) in [6, 6.07) is 1.83. The number of hydrogen-bond donors (Lipinski definition) is 0. The Morgan fingerprint density at radius 1 is 1.40 bits per heavy atom. The van der Waals surface area contributed by atoms with Gasteiger partial charge in [0.05, 0.1) is 3.79 Å². The molecule has 2 aliphatic rings. The maximum atomic E-state index is 12.3. The monoisotopic (exact) mass is 420 g/mol. The highest BCUT2D eigenvalue weighted by molar-refractivity contribution is 9.13. The molecule has 0 N–H and O–H groups in total. The van der Waals surface area contributed by atoms with Crippen molar-refractivity contribution in [2.45, 2.75) is 46.1 Å². The summed E-state index contributed by atoms with van der Waals surface area (Å²) in [7, 11) is 0. The number of hydrogen-bond acceptors (Lipinski definition) is 3. The van der Waals surface area contributed by atoms with Crippen LogP contribution >= 0.6 is 43.2 Å². The van der Waals surface area contributed by atoms with E-state index in [0.29, 0.717) is 10.8 Å². The van der Waals surface area contributed by atoms with Crippen molar-refractivity contribution in [2.24, 2.45) is 16.7 Å². The lowest BCUT2D eigenvalue weighted by atomic mass is 9.70. The zero-order valence-corrected chi connectivity index (χ0v) is 15.8. The van der Waals surface area contributed by atoms with Crippen LogP contribution in [0.15, 0.2) is 14.3 Å². The number of fused-ring (bicyclic) bond motifs is 2. The molecule has 2 fully saturated rings. The number of rotatable bonds is 2. The molecule has 3 atom stereocenters. The number of esters is 1. The molecule has 0 spiro atoms. The molecule has 1 aromatic rings. The topological polar surface area (TPSA) is 26.3 Å². The summed E-state index contributed by atoms with van der Waals surface area (Å²) >= 11 is 8.26. The van der Waals surface area contributed by atoms with Crippen molar-refractivity contribution < 1.29 is 9.53 Å². The Bertz CT molecular complexity index is 547. The molecule has 1 heterocycles. The minimum absolute atomic E-state index is 0.0587. The van der Waals surface area contributed by atoms with Gasteiger partial charge in [0.25, 0.3) is 0 Å². The van der Waals surface area contributed by atoms with Crippen LogP contribution in [0.4, 0.5) is 0 Å². The van der Waals surface area contributed by atoms with E-state index in [1.165, 1.54) is 24.2 Å². The molecule has 0 amide bonds. The van der Waals surface area contributed by atoms with E-state index >= 15 is 0 Å². The number of carbonyl (C=O) groups is 1. The SMILES string of the molecule is CC1(C)C2CCC1(C)C(OC(=O)c1cc(Br)c(Br)s1)C2. The largest absolute Gasteiger partial charge is 0.458 e. The van der Waals surface area contributed by atoms with Gasteiger partial charge in [-0.1, -0.05) is 20.8 Å². The van der Waals surface area contributed by atoms with E-state index in [1.54, 1.807) is 0 Å². The second-order valence-corrected chi connectivity index (χ2v) is 9.96. The van der Waals surface area contributed by atoms with Crippen LogP contribution in [0.3, 0.4) is 0 Å². The number of thiophene rings is 1. The predicted molar refractivity (Wildman–Crippen MR) is 88.2 cm³/mol. The Balaban J connectivity index is 1.78. The minimum atomic E-state index is -0.184. The van der Waals surface area contributed by atoms with Crippen molar-refractivity contribution in [3.63, 3.8) is 0 Å². The molecular formula is C15H18Br2O2S. The second kappa shape index (κ2) is 4.82. The zero-order valence-electron chi connectivity index (χ0n) is 11.8. The van der Waals surface area contributed by atoms with E-state index in [-0.39, 0.29) is 22.9 Å². The minimum Gasteiger partial charge on any atom is -0.458 e. The van der Waals surface area contributed by atoms with Crippen molar-refractivity contribution in [1.29, 1.82) is 0 Å². The quantitative estimate of drug-likeness (QED) is 0.577. The average Bonchev–Trinajstić information content (AvgIpc) is 2.87. The van der Waals surface area contributed by atoms with Crippen molar-refractivity contribution in [3.8, 4) is 0 Å². The number of halogens is 2. The van der Waals surface area contributed by atoms with Gasteiger partial charge in [0.15, 0.2) is 0 Å². The highest BCUT2D eigenvalue weighted by atomic mass is 79.9. The molecule has 20 heavy (non-hydrogen) atoms. The van der Waals surface area contributed by atoms with Crippen molar-refractivity contribution >= 4 is 49.2 Å². The smallest absolute Gasteiger partial charge is 0.348 e. The average molecular weight is 422 g/mol. The normalized spacial score (nSPS) is 34.5. The van der Waals surface area contributed by atoms with Crippen LogP contribution in [0.1, 0.15) is 49.7 Å². The fraction of sp³-hybridized carbons (Fsp3) is 0.667. The van der Waals surface area contributed by atoms with Gasteiger partial charge in [-0.25, -0.2) is 4.79 Å². The summed E-state index contributed by atoms with van der Waals surface area (Å²) in [5.41, 5.74) is 0.396. The van der Waals surface area contributed by atoms with Crippen molar-refractivity contribution in [1.82, 2.24) is 0 Å². The molecule has 2 nitrogen and oxygen atoms in total. The van der Waals surface area contributed by atoms with Gasteiger partial charge in [0, 0.05) is 9.89 Å². The third kappa shape index (κ3) is 2.03.